The van der Waals surface area contributed by atoms with Crippen molar-refractivity contribution in [1.29, 1.82) is 0 Å². The average molecular weight is 241 g/mol. The molecule has 1 rings (SSSR count). The van der Waals surface area contributed by atoms with Crippen molar-refractivity contribution in [3.63, 3.8) is 0 Å². The van der Waals surface area contributed by atoms with Crippen LogP contribution in [0.4, 0.5) is 0 Å². The summed E-state index contributed by atoms with van der Waals surface area (Å²) >= 11 is 0. The molecule has 90 valence electrons. The first-order valence-electron chi connectivity index (χ1n) is 5.57. The monoisotopic (exact) mass is 241 g/mol. The van der Waals surface area contributed by atoms with Crippen molar-refractivity contribution in [2.24, 2.45) is 0 Å². The van der Waals surface area contributed by atoms with Gasteiger partial charge < -0.3 is 0 Å². The molecule has 0 bridgehead atoms. The molecule has 0 aliphatic rings. The van der Waals surface area contributed by atoms with E-state index in [1.165, 1.54) is 0 Å². The summed E-state index contributed by atoms with van der Waals surface area (Å²) in [4.78, 5) is 0. The molecule has 0 aromatic heterocycles. The largest absolute Gasteiger partial charge is 0.216 e. The minimum atomic E-state index is -3.21. The van der Waals surface area contributed by atoms with Crippen LogP contribution in [0.25, 0.3) is 0 Å². The summed E-state index contributed by atoms with van der Waals surface area (Å²) in [7, 11) is -3.21. The molecule has 1 N–H and O–H groups in total. The quantitative estimate of drug-likeness (QED) is 0.830. The number of rotatable bonds is 6. The second kappa shape index (κ2) is 6.01. The fraction of sp³-hybridized carbons (Fsp3) is 0.500. The molecule has 3 nitrogen and oxygen atoms in total. The Hall–Kier alpha value is -0.870. The SMILES string of the molecule is CCC[C@H](C)NS(=O)(=O)Cc1ccccc1. The highest BCUT2D eigenvalue weighted by Crippen LogP contribution is 2.06. The van der Waals surface area contributed by atoms with E-state index in [-0.39, 0.29) is 11.8 Å². The smallest absolute Gasteiger partial charge is 0.212 e. The van der Waals surface area contributed by atoms with Crippen molar-refractivity contribution in [3.8, 4) is 0 Å². The molecule has 0 aliphatic carbocycles. The molecule has 0 fully saturated rings. The van der Waals surface area contributed by atoms with Crippen LogP contribution in [0.15, 0.2) is 30.3 Å². The first kappa shape index (κ1) is 13.2. The summed E-state index contributed by atoms with van der Waals surface area (Å²) < 4.78 is 26.2. The van der Waals surface area contributed by atoms with Crippen LogP contribution < -0.4 is 4.72 Å². The third-order valence-electron chi connectivity index (χ3n) is 2.30. The zero-order valence-electron chi connectivity index (χ0n) is 9.81. The highest BCUT2D eigenvalue weighted by Gasteiger charge is 2.14. The number of hydrogen-bond donors (Lipinski definition) is 1. The van der Waals surface area contributed by atoms with Crippen LogP contribution in [0.3, 0.4) is 0 Å². The van der Waals surface area contributed by atoms with E-state index in [2.05, 4.69) is 4.72 Å². The number of hydrogen-bond acceptors (Lipinski definition) is 2. The molecule has 0 spiro atoms. The highest BCUT2D eigenvalue weighted by atomic mass is 32.2. The topological polar surface area (TPSA) is 46.2 Å². The van der Waals surface area contributed by atoms with Crippen molar-refractivity contribution in [2.45, 2.75) is 38.5 Å². The first-order valence-corrected chi connectivity index (χ1v) is 7.22. The van der Waals surface area contributed by atoms with E-state index in [0.717, 1.165) is 18.4 Å². The molecule has 0 amide bonds. The van der Waals surface area contributed by atoms with Crippen molar-refractivity contribution in [2.75, 3.05) is 0 Å². The lowest BCUT2D eigenvalue weighted by Crippen LogP contribution is -2.33. The van der Waals surface area contributed by atoms with E-state index in [4.69, 9.17) is 0 Å². The van der Waals surface area contributed by atoms with E-state index < -0.39 is 10.0 Å². The van der Waals surface area contributed by atoms with E-state index >= 15 is 0 Å². The lowest BCUT2D eigenvalue weighted by Gasteiger charge is -2.13. The lowest BCUT2D eigenvalue weighted by atomic mass is 10.2. The van der Waals surface area contributed by atoms with Crippen LogP contribution in [0.5, 0.6) is 0 Å². The predicted molar refractivity (Wildman–Crippen MR) is 66.6 cm³/mol. The van der Waals surface area contributed by atoms with Gasteiger partial charge in [0.2, 0.25) is 10.0 Å². The zero-order valence-corrected chi connectivity index (χ0v) is 10.6. The van der Waals surface area contributed by atoms with Gasteiger partial charge in [-0.3, -0.25) is 0 Å². The number of sulfonamides is 1. The summed E-state index contributed by atoms with van der Waals surface area (Å²) in [5.41, 5.74) is 0.818. The summed E-state index contributed by atoms with van der Waals surface area (Å²) in [6, 6.07) is 9.23. The van der Waals surface area contributed by atoms with Crippen LogP contribution in [0.1, 0.15) is 32.3 Å². The highest BCUT2D eigenvalue weighted by molar-refractivity contribution is 7.88. The van der Waals surface area contributed by atoms with Gasteiger partial charge in [0.15, 0.2) is 0 Å². The van der Waals surface area contributed by atoms with Crippen LogP contribution in [0.2, 0.25) is 0 Å². The first-order chi connectivity index (χ1) is 7.53. The maximum atomic E-state index is 11.8. The predicted octanol–water partition coefficient (Wildman–Crippen LogP) is 2.29. The van der Waals surface area contributed by atoms with Gasteiger partial charge in [-0.15, -0.1) is 0 Å². The van der Waals surface area contributed by atoms with Crippen LogP contribution in [-0.2, 0) is 15.8 Å². The summed E-state index contributed by atoms with van der Waals surface area (Å²) in [5.74, 6) is 0.0574. The molecule has 1 atom stereocenters. The zero-order chi connectivity index (χ0) is 12.0. The molecule has 4 heteroatoms. The Kier molecular flexibility index (Phi) is 4.96. The molecular formula is C12H19NO2S. The van der Waals surface area contributed by atoms with Crippen LogP contribution in [0, 0.1) is 0 Å². The Morgan fingerprint density at radius 1 is 1.25 bits per heavy atom. The van der Waals surface area contributed by atoms with Gasteiger partial charge in [-0.25, -0.2) is 13.1 Å². The number of benzene rings is 1. The Labute approximate surface area is 97.9 Å². The van der Waals surface area contributed by atoms with Gasteiger partial charge in [-0.2, -0.15) is 0 Å². The lowest BCUT2D eigenvalue weighted by molar-refractivity contribution is 0.543. The third-order valence-corrected chi connectivity index (χ3v) is 3.78. The van der Waals surface area contributed by atoms with E-state index in [0.29, 0.717) is 0 Å². The van der Waals surface area contributed by atoms with E-state index in [9.17, 15) is 8.42 Å². The Morgan fingerprint density at radius 3 is 2.44 bits per heavy atom. The Bertz CT molecular complexity index is 400. The van der Waals surface area contributed by atoms with Gasteiger partial charge in [0, 0.05) is 6.04 Å². The van der Waals surface area contributed by atoms with Gasteiger partial charge in [-0.1, -0.05) is 43.7 Å². The molecule has 16 heavy (non-hydrogen) atoms. The average Bonchev–Trinajstić information content (AvgIpc) is 2.17. The molecule has 1 aromatic rings. The van der Waals surface area contributed by atoms with E-state index in [1.807, 2.05) is 44.2 Å². The van der Waals surface area contributed by atoms with Crippen LogP contribution in [-0.4, -0.2) is 14.5 Å². The van der Waals surface area contributed by atoms with Gasteiger partial charge in [0.25, 0.3) is 0 Å². The maximum Gasteiger partial charge on any atom is 0.216 e. The summed E-state index contributed by atoms with van der Waals surface area (Å²) in [6.45, 7) is 3.94. The molecule has 0 heterocycles. The van der Waals surface area contributed by atoms with Gasteiger partial charge in [0.05, 0.1) is 5.75 Å². The molecule has 0 saturated heterocycles. The molecule has 0 unspecified atom stereocenters. The van der Waals surface area contributed by atoms with Crippen LogP contribution >= 0.6 is 0 Å². The normalized spacial score (nSPS) is 13.6. The Balaban J connectivity index is 2.59. The summed E-state index contributed by atoms with van der Waals surface area (Å²) in [5, 5.41) is 0. The van der Waals surface area contributed by atoms with Gasteiger partial charge in [-0.05, 0) is 18.9 Å². The number of nitrogens with one attached hydrogen (secondary N) is 1. The molecule has 0 saturated carbocycles. The van der Waals surface area contributed by atoms with E-state index in [1.54, 1.807) is 0 Å². The van der Waals surface area contributed by atoms with Gasteiger partial charge >= 0.3 is 0 Å². The molecule has 0 aliphatic heterocycles. The third kappa shape index (κ3) is 4.77. The van der Waals surface area contributed by atoms with Crippen molar-refractivity contribution in [1.82, 2.24) is 4.72 Å². The Morgan fingerprint density at radius 2 is 1.88 bits per heavy atom. The fourth-order valence-electron chi connectivity index (χ4n) is 1.63. The van der Waals surface area contributed by atoms with Crippen molar-refractivity contribution in [3.05, 3.63) is 35.9 Å². The minimum Gasteiger partial charge on any atom is -0.212 e. The maximum absolute atomic E-state index is 11.8. The fourth-order valence-corrected chi connectivity index (χ4v) is 3.08. The standard InChI is InChI=1S/C12H19NO2S/c1-3-7-11(2)13-16(14,15)10-12-8-5-4-6-9-12/h4-6,8-9,11,13H,3,7,10H2,1-2H3/t11-/m0/s1. The second-order valence-electron chi connectivity index (χ2n) is 4.05. The van der Waals surface area contributed by atoms with Crippen molar-refractivity contribution >= 4 is 10.0 Å². The molecule has 0 radical (unpaired) electrons. The molecule has 1 aromatic carbocycles. The van der Waals surface area contributed by atoms with Crippen molar-refractivity contribution < 1.29 is 8.42 Å². The van der Waals surface area contributed by atoms with Gasteiger partial charge in [0.1, 0.15) is 0 Å². The molecular weight excluding hydrogens is 222 g/mol. The summed E-state index contributed by atoms with van der Waals surface area (Å²) in [6.07, 6.45) is 1.85. The second-order valence-corrected chi connectivity index (χ2v) is 5.81. The minimum absolute atomic E-state index is 0.0127.